The number of fused-ring (bicyclic) bond motifs is 1. The van der Waals surface area contributed by atoms with Crippen LogP contribution < -0.4 is 5.56 Å². The molecule has 1 N–H and O–H groups in total. The Hall–Kier alpha value is -3.02. The van der Waals surface area contributed by atoms with Crippen molar-refractivity contribution < 1.29 is 4.79 Å². The van der Waals surface area contributed by atoms with E-state index in [4.69, 9.17) is 0 Å². The molecule has 6 heteroatoms. The van der Waals surface area contributed by atoms with E-state index in [1.807, 2.05) is 29.2 Å². The van der Waals surface area contributed by atoms with Crippen LogP contribution in [0.3, 0.4) is 0 Å². The van der Waals surface area contributed by atoms with E-state index in [9.17, 15) is 9.59 Å². The third kappa shape index (κ3) is 2.80. The van der Waals surface area contributed by atoms with Crippen molar-refractivity contribution >= 4 is 16.7 Å². The number of aromatic amines is 1. The average Bonchev–Trinajstić information content (AvgIpc) is 2.69. The SMILES string of the molecule is O=C(c1n[nH]c(=O)c2ccccc12)N1CCCCC1c1ccccn1. The molecule has 1 fully saturated rings. The summed E-state index contributed by atoms with van der Waals surface area (Å²) in [6.45, 7) is 0.662. The molecule has 4 rings (SSSR count). The highest BCUT2D eigenvalue weighted by molar-refractivity contribution is 6.04. The number of carbonyl (C=O) groups is 1. The maximum absolute atomic E-state index is 13.2. The van der Waals surface area contributed by atoms with Gasteiger partial charge in [0.15, 0.2) is 5.69 Å². The zero-order valence-electron chi connectivity index (χ0n) is 13.7. The first-order valence-corrected chi connectivity index (χ1v) is 8.45. The van der Waals surface area contributed by atoms with Crippen molar-refractivity contribution in [2.24, 2.45) is 0 Å². The highest BCUT2D eigenvalue weighted by Crippen LogP contribution is 2.31. The predicted octanol–water partition coefficient (Wildman–Crippen LogP) is 2.69. The lowest BCUT2D eigenvalue weighted by Gasteiger charge is -2.35. The quantitative estimate of drug-likeness (QED) is 0.781. The van der Waals surface area contributed by atoms with Gasteiger partial charge >= 0.3 is 0 Å². The fraction of sp³-hybridized carbons (Fsp3) is 0.263. The number of benzene rings is 1. The lowest BCUT2D eigenvalue weighted by Crippen LogP contribution is -2.39. The van der Waals surface area contributed by atoms with Crippen LogP contribution in [0.5, 0.6) is 0 Å². The highest BCUT2D eigenvalue weighted by Gasteiger charge is 2.31. The van der Waals surface area contributed by atoms with Gasteiger partial charge in [-0.05, 0) is 37.5 Å². The smallest absolute Gasteiger partial charge is 0.275 e. The Morgan fingerprint density at radius 2 is 1.88 bits per heavy atom. The molecule has 1 amide bonds. The number of hydrogen-bond donors (Lipinski definition) is 1. The van der Waals surface area contributed by atoms with Crippen LogP contribution >= 0.6 is 0 Å². The summed E-state index contributed by atoms with van der Waals surface area (Å²) < 4.78 is 0. The molecule has 1 atom stereocenters. The Morgan fingerprint density at radius 3 is 2.68 bits per heavy atom. The van der Waals surface area contributed by atoms with Gasteiger partial charge in [0.1, 0.15) is 0 Å². The van der Waals surface area contributed by atoms with E-state index in [0.29, 0.717) is 17.3 Å². The topological polar surface area (TPSA) is 79.0 Å². The molecule has 0 aliphatic carbocycles. The largest absolute Gasteiger partial charge is 0.329 e. The van der Waals surface area contributed by atoms with Gasteiger partial charge < -0.3 is 4.90 Å². The maximum Gasteiger partial charge on any atom is 0.275 e. The number of hydrogen-bond acceptors (Lipinski definition) is 4. The fourth-order valence-electron chi connectivity index (χ4n) is 3.47. The van der Waals surface area contributed by atoms with Gasteiger partial charge in [0.25, 0.3) is 11.5 Å². The molecule has 0 saturated carbocycles. The molecular weight excluding hydrogens is 316 g/mol. The summed E-state index contributed by atoms with van der Waals surface area (Å²) in [5, 5.41) is 7.57. The van der Waals surface area contributed by atoms with E-state index in [2.05, 4.69) is 15.2 Å². The number of piperidine rings is 1. The number of H-pyrrole nitrogens is 1. The first-order valence-electron chi connectivity index (χ1n) is 8.45. The van der Waals surface area contributed by atoms with Crippen molar-refractivity contribution in [2.45, 2.75) is 25.3 Å². The number of pyridine rings is 1. The van der Waals surface area contributed by atoms with Crippen molar-refractivity contribution in [1.82, 2.24) is 20.1 Å². The molecule has 25 heavy (non-hydrogen) atoms. The number of rotatable bonds is 2. The molecular formula is C19H18N4O2. The second-order valence-electron chi connectivity index (χ2n) is 6.21. The molecule has 6 nitrogen and oxygen atoms in total. The first-order chi connectivity index (χ1) is 12.3. The average molecular weight is 334 g/mol. The molecule has 1 aliphatic rings. The molecule has 1 unspecified atom stereocenters. The number of aromatic nitrogens is 3. The van der Waals surface area contributed by atoms with E-state index in [1.165, 1.54) is 0 Å². The number of nitrogens with one attached hydrogen (secondary N) is 1. The van der Waals surface area contributed by atoms with Gasteiger partial charge in [0, 0.05) is 18.1 Å². The summed E-state index contributed by atoms with van der Waals surface area (Å²) in [5.74, 6) is -0.164. The Labute approximate surface area is 144 Å². The lowest BCUT2D eigenvalue weighted by atomic mass is 9.98. The van der Waals surface area contributed by atoms with Crippen molar-refractivity contribution in [2.75, 3.05) is 6.54 Å². The minimum absolute atomic E-state index is 0.0602. The summed E-state index contributed by atoms with van der Waals surface area (Å²) in [6.07, 6.45) is 4.64. The van der Waals surface area contributed by atoms with Crippen LogP contribution in [0.2, 0.25) is 0 Å². The molecule has 3 aromatic rings. The lowest BCUT2D eigenvalue weighted by molar-refractivity contribution is 0.0601. The van der Waals surface area contributed by atoms with Gasteiger partial charge in [0.05, 0.1) is 17.1 Å². The maximum atomic E-state index is 13.2. The van der Waals surface area contributed by atoms with Crippen LogP contribution in [-0.2, 0) is 0 Å². The van der Waals surface area contributed by atoms with Crippen LogP contribution in [-0.4, -0.2) is 32.5 Å². The monoisotopic (exact) mass is 334 g/mol. The van der Waals surface area contributed by atoms with E-state index in [0.717, 1.165) is 25.0 Å². The Morgan fingerprint density at radius 1 is 1.08 bits per heavy atom. The van der Waals surface area contributed by atoms with Crippen LogP contribution in [0.1, 0.15) is 41.5 Å². The van der Waals surface area contributed by atoms with Gasteiger partial charge in [-0.15, -0.1) is 0 Å². The molecule has 1 saturated heterocycles. The number of carbonyl (C=O) groups excluding carboxylic acids is 1. The van der Waals surface area contributed by atoms with Gasteiger partial charge in [-0.2, -0.15) is 5.10 Å². The first kappa shape index (κ1) is 15.5. The zero-order chi connectivity index (χ0) is 17.2. The van der Waals surface area contributed by atoms with Crippen LogP contribution in [0.25, 0.3) is 10.8 Å². The van der Waals surface area contributed by atoms with Gasteiger partial charge in [0.2, 0.25) is 0 Å². The molecule has 3 heterocycles. The molecule has 1 aromatic carbocycles. The minimum Gasteiger partial charge on any atom is -0.329 e. The summed E-state index contributed by atoms with van der Waals surface area (Å²) >= 11 is 0. The van der Waals surface area contributed by atoms with Crippen LogP contribution in [0, 0.1) is 0 Å². The van der Waals surface area contributed by atoms with Crippen molar-refractivity contribution in [3.05, 3.63) is 70.4 Å². The van der Waals surface area contributed by atoms with Gasteiger partial charge in [-0.1, -0.05) is 24.3 Å². The normalized spacial score (nSPS) is 17.6. The molecule has 0 radical (unpaired) electrons. The number of nitrogens with zero attached hydrogens (tertiary/aromatic N) is 3. The molecule has 0 bridgehead atoms. The van der Waals surface area contributed by atoms with Crippen molar-refractivity contribution in [3.8, 4) is 0 Å². The van der Waals surface area contributed by atoms with Crippen LogP contribution in [0.15, 0.2) is 53.5 Å². The highest BCUT2D eigenvalue weighted by atomic mass is 16.2. The number of amides is 1. The molecule has 126 valence electrons. The van der Waals surface area contributed by atoms with E-state index in [1.54, 1.807) is 24.4 Å². The van der Waals surface area contributed by atoms with E-state index < -0.39 is 0 Å². The molecule has 0 spiro atoms. The second kappa shape index (κ2) is 6.47. The fourth-order valence-corrected chi connectivity index (χ4v) is 3.47. The standard InChI is InChI=1S/C19H18N4O2/c24-18-14-8-2-1-7-13(14)17(21-22-18)19(25)23-12-6-4-10-16(23)15-9-3-5-11-20-15/h1-3,5,7-9,11,16H,4,6,10,12H2,(H,22,24). The minimum atomic E-state index is -0.285. The predicted molar refractivity (Wildman–Crippen MR) is 94.2 cm³/mol. The van der Waals surface area contributed by atoms with E-state index >= 15 is 0 Å². The summed E-state index contributed by atoms with van der Waals surface area (Å²) in [4.78, 5) is 31.5. The summed E-state index contributed by atoms with van der Waals surface area (Å²) in [7, 11) is 0. The molecule has 1 aliphatic heterocycles. The van der Waals surface area contributed by atoms with Gasteiger partial charge in [-0.25, -0.2) is 5.10 Å². The Bertz CT molecular complexity index is 968. The van der Waals surface area contributed by atoms with E-state index in [-0.39, 0.29) is 23.2 Å². The van der Waals surface area contributed by atoms with Crippen molar-refractivity contribution in [3.63, 3.8) is 0 Å². The molecule has 2 aromatic heterocycles. The Kier molecular flexibility index (Phi) is 4.01. The van der Waals surface area contributed by atoms with Crippen LogP contribution in [0.4, 0.5) is 0 Å². The zero-order valence-corrected chi connectivity index (χ0v) is 13.7. The van der Waals surface area contributed by atoms with Gasteiger partial charge in [-0.3, -0.25) is 14.6 Å². The summed E-state index contributed by atoms with van der Waals surface area (Å²) in [5.41, 5.74) is 0.898. The summed E-state index contributed by atoms with van der Waals surface area (Å²) in [6, 6.07) is 12.8. The Balaban J connectivity index is 1.77. The third-order valence-corrected chi connectivity index (χ3v) is 4.69. The number of likely N-dealkylation sites (tertiary alicyclic amines) is 1. The second-order valence-corrected chi connectivity index (χ2v) is 6.21. The van der Waals surface area contributed by atoms with Crippen molar-refractivity contribution in [1.29, 1.82) is 0 Å². The third-order valence-electron chi connectivity index (χ3n) is 4.69.